The predicted molar refractivity (Wildman–Crippen MR) is 92.7 cm³/mol. The van der Waals surface area contributed by atoms with Crippen LogP contribution in [-0.4, -0.2) is 25.3 Å². The molecule has 0 aromatic heterocycles. The average Bonchev–Trinajstić information content (AvgIpc) is 2.62. The summed E-state index contributed by atoms with van der Waals surface area (Å²) in [6.45, 7) is 0.636. The molecule has 1 aliphatic rings. The van der Waals surface area contributed by atoms with Crippen molar-refractivity contribution < 1.29 is 8.42 Å². The Labute approximate surface area is 139 Å². The highest BCUT2D eigenvalue weighted by molar-refractivity contribution is 7.89. The van der Waals surface area contributed by atoms with Crippen molar-refractivity contribution in [2.75, 3.05) is 6.54 Å². The third kappa shape index (κ3) is 3.82. The molecule has 122 valence electrons. The first-order valence-electron chi connectivity index (χ1n) is 8.29. The summed E-state index contributed by atoms with van der Waals surface area (Å²) in [5, 5.41) is 0. The van der Waals surface area contributed by atoms with Crippen LogP contribution in [0.3, 0.4) is 0 Å². The lowest BCUT2D eigenvalue weighted by Gasteiger charge is -2.34. The van der Waals surface area contributed by atoms with E-state index in [1.807, 2.05) is 24.3 Å². The second-order valence-corrected chi connectivity index (χ2v) is 7.99. The molecule has 0 bridgehead atoms. The van der Waals surface area contributed by atoms with Crippen molar-refractivity contribution in [3.8, 4) is 0 Å². The van der Waals surface area contributed by atoms with Crippen LogP contribution >= 0.6 is 0 Å². The summed E-state index contributed by atoms with van der Waals surface area (Å²) in [7, 11) is -3.38. The highest BCUT2D eigenvalue weighted by atomic mass is 32.2. The van der Waals surface area contributed by atoms with Crippen molar-refractivity contribution >= 4 is 10.0 Å². The van der Waals surface area contributed by atoms with Gasteiger partial charge in [0.2, 0.25) is 10.0 Å². The van der Waals surface area contributed by atoms with Gasteiger partial charge in [-0.25, -0.2) is 8.42 Å². The molecule has 3 rings (SSSR count). The molecular formula is C19H23NO2S. The number of hydrogen-bond donors (Lipinski definition) is 0. The zero-order chi connectivity index (χ0) is 16.1. The van der Waals surface area contributed by atoms with Gasteiger partial charge >= 0.3 is 0 Å². The van der Waals surface area contributed by atoms with E-state index in [0.29, 0.717) is 11.4 Å². The molecule has 1 aliphatic heterocycles. The summed E-state index contributed by atoms with van der Waals surface area (Å²) in [4.78, 5) is 0.409. The molecule has 4 heteroatoms. The van der Waals surface area contributed by atoms with E-state index in [2.05, 4.69) is 12.1 Å². The van der Waals surface area contributed by atoms with Gasteiger partial charge in [-0.05, 0) is 43.4 Å². The lowest BCUT2D eigenvalue weighted by molar-refractivity contribution is 0.241. The minimum atomic E-state index is -3.38. The van der Waals surface area contributed by atoms with E-state index in [-0.39, 0.29) is 6.04 Å². The second-order valence-electron chi connectivity index (χ2n) is 6.10. The van der Waals surface area contributed by atoms with Gasteiger partial charge in [-0.15, -0.1) is 0 Å². The normalized spacial score (nSPS) is 19.6. The minimum Gasteiger partial charge on any atom is -0.207 e. The molecule has 23 heavy (non-hydrogen) atoms. The Hall–Kier alpha value is -1.65. The summed E-state index contributed by atoms with van der Waals surface area (Å²) in [6, 6.07) is 19.2. The fourth-order valence-electron chi connectivity index (χ4n) is 3.28. The van der Waals surface area contributed by atoms with E-state index in [9.17, 15) is 8.42 Å². The van der Waals surface area contributed by atoms with Gasteiger partial charge in [-0.2, -0.15) is 4.31 Å². The molecule has 2 aromatic rings. The quantitative estimate of drug-likeness (QED) is 0.835. The maximum absolute atomic E-state index is 12.9. The molecule has 0 spiro atoms. The number of rotatable bonds is 5. The molecule has 0 N–H and O–H groups in total. The summed E-state index contributed by atoms with van der Waals surface area (Å²) >= 11 is 0. The SMILES string of the molecule is O=S(=O)(c1ccccc1)N1CCCC[C@@H]1CCc1ccccc1. The largest absolute Gasteiger partial charge is 0.243 e. The molecule has 0 aliphatic carbocycles. The maximum atomic E-state index is 12.9. The Morgan fingerprint density at radius 1 is 0.913 bits per heavy atom. The number of sulfonamides is 1. The predicted octanol–water partition coefficient (Wildman–Crippen LogP) is 3.86. The van der Waals surface area contributed by atoms with Crippen LogP contribution < -0.4 is 0 Å². The maximum Gasteiger partial charge on any atom is 0.243 e. The molecule has 1 saturated heterocycles. The van der Waals surface area contributed by atoms with Gasteiger partial charge in [-0.1, -0.05) is 55.0 Å². The van der Waals surface area contributed by atoms with Crippen molar-refractivity contribution in [2.45, 2.75) is 43.0 Å². The lowest BCUT2D eigenvalue weighted by atomic mass is 9.98. The molecule has 0 unspecified atom stereocenters. The van der Waals surface area contributed by atoms with Crippen LogP contribution in [0.15, 0.2) is 65.6 Å². The first kappa shape index (κ1) is 16.2. The topological polar surface area (TPSA) is 37.4 Å². The molecule has 3 nitrogen and oxygen atoms in total. The van der Waals surface area contributed by atoms with Gasteiger partial charge in [0.1, 0.15) is 0 Å². The van der Waals surface area contributed by atoms with E-state index in [1.165, 1.54) is 5.56 Å². The van der Waals surface area contributed by atoms with Crippen molar-refractivity contribution in [3.05, 3.63) is 66.2 Å². The van der Waals surface area contributed by atoms with Crippen LogP contribution in [0.1, 0.15) is 31.2 Å². The third-order valence-electron chi connectivity index (χ3n) is 4.53. The van der Waals surface area contributed by atoms with Crippen molar-refractivity contribution in [1.82, 2.24) is 4.31 Å². The Bertz CT molecular complexity index is 714. The molecule has 2 aromatic carbocycles. The Morgan fingerprint density at radius 2 is 1.57 bits per heavy atom. The average molecular weight is 329 g/mol. The third-order valence-corrected chi connectivity index (χ3v) is 6.50. The standard InChI is InChI=1S/C19H23NO2S/c21-23(22,19-12-5-2-6-13-19)20-16-8-7-11-18(20)15-14-17-9-3-1-4-10-17/h1-6,9-10,12-13,18H,7-8,11,14-16H2/t18-/m1/s1. The smallest absolute Gasteiger partial charge is 0.207 e. The molecule has 0 saturated carbocycles. The van der Waals surface area contributed by atoms with Gasteiger partial charge < -0.3 is 0 Å². The number of benzene rings is 2. The minimum absolute atomic E-state index is 0.106. The lowest BCUT2D eigenvalue weighted by Crippen LogP contribution is -2.43. The molecule has 0 amide bonds. The summed E-state index contributed by atoms with van der Waals surface area (Å²) in [5.74, 6) is 0. The number of aryl methyl sites for hydroxylation is 1. The van der Waals surface area contributed by atoms with E-state index >= 15 is 0 Å². The summed E-state index contributed by atoms with van der Waals surface area (Å²) in [5.41, 5.74) is 1.27. The van der Waals surface area contributed by atoms with E-state index in [0.717, 1.165) is 32.1 Å². The Kier molecular flexibility index (Phi) is 5.13. The van der Waals surface area contributed by atoms with E-state index < -0.39 is 10.0 Å². The number of piperidine rings is 1. The van der Waals surface area contributed by atoms with Crippen LogP contribution in [0.25, 0.3) is 0 Å². The summed E-state index contributed by atoms with van der Waals surface area (Å²) in [6.07, 6.45) is 4.83. The van der Waals surface area contributed by atoms with E-state index in [1.54, 1.807) is 28.6 Å². The second kappa shape index (κ2) is 7.28. The summed E-state index contributed by atoms with van der Waals surface area (Å²) < 4.78 is 27.6. The number of nitrogens with zero attached hydrogens (tertiary/aromatic N) is 1. The number of hydrogen-bond acceptors (Lipinski definition) is 2. The van der Waals surface area contributed by atoms with Crippen molar-refractivity contribution in [3.63, 3.8) is 0 Å². The first-order valence-corrected chi connectivity index (χ1v) is 9.73. The monoisotopic (exact) mass is 329 g/mol. The molecule has 0 radical (unpaired) electrons. The zero-order valence-corrected chi connectivity index (χ0v) is 14.1. The Morgan fingerprint density at radius 3 is 2.26 bits per heavy atom. The van der Waals surface area contributed by atoms with Gasteiger partial charge in [0, 0.05) is 12.6 Å². The molecule has 1 atom stereocenters. The fraction of sp³-hybridized carbons (Fsp3) is 0.368. The van der Waals surface area contributed by atoms with Gasteiger partial charge in [0.05, 0.1) is 4.90 Å². The molecule has 1 heterocycles. The van der Waals surface area contributed by atoms with Crippen molar-refractivity contribution in [2.24, 2.45) is 0 Å². The molecule has 1 fully saturated rings. The highest BCUT2D eigenvalue weighted by Gasteiger charge is 2.32. The van der Waals surface area contributed by atoms with E-state index in [4.69, 9.17) is 0 Å². The zero-order valence-electron chi connectivity index (χ0n) is 13.3. The van der Waals surface area contributed by atoms with Crippen LogP contribution in [0.2, 0.25) is 0 Å². The van der Waals surface area contributed by atoms with Crippen LogP contribution in [-0.2, 0) is 16.4 Å². The van der Waals surface area contributed by atoms with Crippen molar-refractivity contribution in [1.29, 1.82) is 0 Å². The van der Waals surface area contributed by atoms with Crippen LogP contribution in [0, 0.1) is 0 Å². The van der Waals surface area contributed by atoms with Gasteiger partial charge in [-0.3, -0.25) is 0 Å². The molecular weight excluding hydrogens is 306 g/mol. The van der Waals surface area contributed by atoms with Crippen LogP contribution in [0.5, 0.6) is 0 Å². The van der Waals surface area contributed by atoms with Gasteiger partial charge in [0.15, 0.2) is 0 Å². The first-order chi connectivity index (χ1) is 11.2. The van der Waals surface area contributed by atoms with Gasteiger partial charge in [0.25, 0.3) is 0 Å². The Balaban J connectivity index is 1.76. The fourth-order valence-corrected chi connectivity index (χ4v) is 5.03. The highest BCUT2D eigenvalue weighted by Crippen LogP contribution is 2.27. The van der Waals surface area contributed by atoms with Crippen LogP contribution in [0.4, 0.5) is 0 Å².